The Kier molecular flexibility index (Phi) is 6.27. The monoisotopic (exact) mass is 445 g/mol. The van der Waals surface area contributed by atoms with Crippen LogP contribution in [-0.2, 0) is 4.79 Å². The highest BCUT2D eigenvalue weighted by Gasteiger charge is 2.19. The molecule has 4 aromatic rings. The van der Waals surface area contributed by atoms with Crippen molar-refractivity contribution in [3.05, 3.63) is 94.5 Å². The Morgan fingerprint density at radius 1 is 1.00 bits per heavy atom. The first-order valence-corrected chi connectivity index (χ1v) is 10.8. The number of rotatable bonds is 7. The molecular weight excluding hydrogens is 426 g/mol. The van der Waals surface area contributed by atoms with Crippen LogP contribution in [0.3, 0.4) is 0 Å². The molecule has 0 bridgehead atoms. The summed E-state index contributed by atoms with van der Waals surface area (Å²) in [6.07, 6.45) is 0. The number of hydrogen-bond acceptors (Lipinski definition) is 6. The van der Waals surface area contributed by atoms with E-state index in [0.717, 1.165) is 16.8 Å². The molecule has 0 aliphatic rings. The zero-order valence-corrected chi connectivity index (χ0v) is 18.0. The van der Waals surface area contributed by atoms with Crippen molar-refractivity contribution in [2.45, 2.75) is 12.1 Å². The normalized spacial score (nSPS) is 10.7. The number of nitro benzene ring substituents is 1. The molecule has 0 saturated carbocycles. The molecule has 4 rings (SSSR count). The van der Waals surface area contributed by atoms with E-state index in [2.05, 4.69) is 15.5 Å². The Bertz CT molecular complexity index is 1270. The molecule has 0 saturated heterocycles. The van der Waals surface area contributed by atoms with Gasteiger partial charge in [-0.25, -0.2) is 0 Å². The number of carbonyl (C=O) groups excluding carboxylic acids is 1. The van der Waals surface area contributed by atoms with E-state index >= 15 is 0 Å². The number of nitrogens with one attached hydrogen (secondary N) is 1. The van der Waals surface area contributed by atoms with Crippen LogP contribution in [0.5, 0.6) is 0 Å². The molecule has 0 atom stereocenters. The molecule has 0 fully saturated rings. The van der Waals surface area contributed by atoms with Gasteiger partial charge in [-0.05, 0) is 30.7 Å². The minimum Gasteiger partial charge on any atom is -0.320 e. The van der Waals surface area contributed by atoms with E-state index in [1.165, 1.54) is 23.9 Å². The molecule has 1 amide bonds. The van der Waals surface area contributed by atoms with Gasteiger partial charge < -0.3 is 5.32 Å². The van der Waals surface area contributed by atoms with Crippen molar-refractivity contribution in [1.82, 2.24) is 14.8 Å². The number of carbonyl (C=O) groups is 1. The second-order valence-corrected chi connectivity index (χ2v) is 7.85. The van der Waals surface area contributed by atoms with E-state index in [4.69, 9.17) is 0 Å². The fourth-order valence-electron chi connectivity index (χ4n) is 3.23. The summed E-state index contributed by atoms with van der Waals surface area (Å²) in [5.74, 6) is 0.324. The predicted molar refractivity (Wildman–Crippen MR) is 124 cm³/mol. The van der Waals surface area contributed by atoms with E-state index < -0.39 is 4.92 Å². The maximum Gasteiger partial charge on any atom is 0.292 e. The number of aromatic nitrogens is 3. The number of amides is 1. The number of aryl methyl sites for hydroxylation is 1. The Morgan fingerprint density at radius 3 is 2.44 bits per heavy atom. The maximum absolute atomic E-state index is 12.5. The molecule has 9 heteroatoms. The van der Waals surface area contributed by atoms with Crippen molar-refractivity contribution in [2.75, 3.05) is 11.1 Å². The lowest BCUT2D eigenvalue weighted by Crippen LogP contribution is -2.15. The first-order valence-electron chi connectivity index (χ1n) is 9.77. The smallest absolute Gasteiger partial charge is 0.292 e. The van der Waals surface area contributed by atoms with Gasteiger partial charge in [0.05, 0.1) is 10.7 Å². The third-order valence-corrected chi connectivity index (χ3v) is 5.67. The molecule has 0 unspecified atom stereocenters. The van der Waals surface area contributed by atoms with Gasteiger partial charge in [0, 0.05) is 17.3 Å². The molecule has 1 heterocycles. The van der Waals surface area contributed by atoms with Crippen LogP contribution in [0.1, 0.15) is 5.56 Å². The zero-order valence-electron chi connectivity index (χ0n) is 17.1. The van der Waals surface area contributed by atoms with Crippen LogP contribution in [0, 0.1) is 17.0 Å². The fraction of sp³-hybridized carbons (Fsp3) is 0.0870. The predicted octanol–water partition coefficient (Wildman–Crippen LogP) is 4.88. The number of nitro groups is 1. The number of para-hydroxylation sites is 3. The molecule has 160 valence electrons. The zero-order chi connectivity index (χ0) is 22.5. The highest BCUT2D eigenvalue weighted by molar-refractivity contribution is 7.99. The van der Waals surface area contributed by atoms with Gasteiger partial charge in [-0.15, -0.1) is 10.2 Å². The summed E-state index contributed by atoms with van der Waals surface area (Å²) in [4.78, 5) is 23.2. The Morgan fingerprint density at radius 2 is 1.69 bits per heavy atom. The fourth-order valence-corrected chi connectivity index (χ4v) is 3.98. The SMILES string of the molecule is Cc1ccccc1-c1nnc(SCC(=O)Nc2ccccc2[N+](=O)[O-])n1-c1ccccc1. The maximum atomic E-state index is 12.5. The highest BCUT2D eigenvalue weighted by atomic mass is 32.2. The molecule has 3 aromatic carbocycles. The van der Waals surface area contributed by atoms with E-state index in [0.29, 0.717) is 11.0 Å². The molecular formula is C23H19N5O3S. The Labute approximate surface area is 188 Å². The van der Waals surface area contributed by atoms with Crippen LogP contribution in [0.15, 0.2) is 84.0 Å². The molecule has 1 aromatic heterocycles. The van der Waals surface area contributed by atoms with Gasteiger partial charge in [-0.3, -0.25) is 19.5 Å². The third-order valence-electron chi connectivity index (χ3n) is 4.74. The van der Waals surface area contributed by atoms with E-state index in [1.807, 2.05) is 66.1 Å². The summed E-state index contributed by atoms with van der Waals surface area (Å²) in [5.41, 5.74) is 2.88. The van der Waals surface area contributed by atoms with Gasteiger partial charge in [0.25, 0.3) is 5.69 Å². The molecule has 0 aliphatic carbocycles. The quantitative estimate of drug-likeness (QED) is 0.247. The van der Waals surface area contributed by atoms with Gasteiger partial charge in [0.1, 0.15) is 5.69 Å². The number of anilines is 1. The van der Waals surface area contributed by atoms with Crippen molar-refractivity contribution in [1.29, 1.82) is 0 Å². The molecule has 8 nitrogen and oxygen atoms in total. The average Bonchev–Trinajstić information content (AvgIpc) is 3.22. The number of thioether (sulfide) groups is 1. The number of nitrogens with zero attached hydrogens (tertiary/aromatic N) is 4. The minimum atomic E-state index is -0.525. The molecule has 32 heavy (non-hydrogen) atoms. The van der Waals surface area contributed by atoms with Crippen LogP contribution in [-0.4, -0.2) is 31.3 Å². The minimum absolute atomic E-state index is 0.0186. The second-order valence-electron chi connectivity index (χ2n) is 6.90. The molecule has 1 N–H and O–H groups in total. The van der Waals surface area contributed by atoms with Crippen LogP contribution in [0.2, 0.25) is 0 Å². The topological polar surface area (TPSA) is 103 Å². The molecule has 0 spiro atoms. The van der Waals surface area contributed by atoms with Crippen LogP contribution < -0.4 is 5.32 Å². The van der Waals surface area contributed by atoms with E-state index in [9.17, 15) is 14.9 Å². The van der Waals surface area contributed by atoms with E-state index in [1.54, 1.807) is 12.1 Å². The van der Waals surface area contributed by atoms with E-state index in [-0.39, 0.29) is 23.0 Å². The van der Waals surface area contributed by atoms with Crippen molar-refractivity contribution in [3.8, 4) is 17.1 Å². The summed E-state index contributed by atoms with van der Waals surface area (Å²) < 4.78 is 1.91. The summed E-state index contributed by atoms with van der Waals surface area (Å²) >= 11 is 1.21. The lowest BCUT2D eigenvalue weighted by atomic mass is 10.1. The summed E-state index contributed by atoms with van der Waals surface area (Å²) in [6, 6.07) is 23.6. The van der Waals surface area contributed by atoms with Crippen LogP contribution in [0.25, 0.3) is 17.1 Å². The van der Waals surface area contributed by atoms with Crippen molar-refractivity contribution in [3.63, 3.8) is 0 Å². The van der Waals surface area contributed by atoms with Gasteiger partial charge in [-0.2, -0.15) is 0 Å². The highest BCUT2D eigenvalue weighted by Crippen LogP contribution is 2.30. The average molecular weight is 446 g/mol. The standard InChI is InChI=1S/C23H19N5O3S/c1-16-9-5-6-12-18(16)22-25-26-23(27(22)17-10-3-2-4-11-17)32-15-21(29)24-19-13-7-8-14-20(19)28(30)31/h2-14H,15H2,1H3,(H,24,29). The third kappa shape index (κ3) is 4.52. The summed E-state index contributed by atoms with van der Waals surface area (Å²) in [6.45, 7) is 2.01. The second kappa shape index (κ2) is 9.44. The van der Waals surface area contributed by atoms with Crippen molar-refractivity contribution >= 4 is 29.0 Å². The van der Waals surface area contributed by atoms with Crippen LogP contribution >= 0.6 is 11.8 Å². The van der Waals surface area contributed by atoms with Crippen molar-refractivity contribution in [2.24, 2.45) is 0 Å². The first-order chi connectivity index (χ1) is 15.5. The van der Waals surface area contributed by atoms with Crippen molar-refractivity contribution < 1.29 is 9.72 Å². The van der Waals surface area contributed by atoms with Gasteiger partial charge in [-0.1, -0.05) is 66.4 Å². The lowest BCUT2D eigenvalue weighted by Gasteiger charge is -2.11. The molecule has 0 aliphatic heterocycles. The first kappa shape index (κ1) is 21.3. The van der Waals surface area contributed by atoms with Gasteiger partial charge >= 0.3 is 0 Å². The number of hydrogen-bond donors (Lipinski definition) is 1. The van der Waals surface area contributed by atoms with Gasteiger partial charge in [0.15, 0.2) is 11.0 Å². The Balaban J connectivity index is 1.60. The largest absolute Gasteiger partial charge is 0.320 e. The summed E-state index contributed by atoms with van der Waals surface area (Å²) in [7, 11) is 0. The molecule has 0 radical (unpaired) electrons. The number of benzene rings is 3. The summed E-state index contributed by atoms with van der Waals surface area (Å²) in [5, 5.41) is 23.1. The lowest BCUT2D eigenvalue weighted by molar-refractivity contribution is -0.383. The Hall–Kier alpha value is -3.98. The van der Waals surface area contributed by atoms with Gasteiger partial charge in [0.2, 0.25) is 5.91 Å². The van der Waals surface area contributed by atoms with Crippen LogP contribution in [0.4, 0.5) is 11.4 Å².